The van der Waals surface area contributed by atoms with Crippen LogP contribution in [0.25, 0.3) is 0 Å². The molecule has 0 fully saturated rings. The fourth-order valence-electron chi connectivity index (χ4n) is 0.339. The highest BCUT2D eigenvalue weighted by Gasteiger charge is 1.86. The molecule has 0 aliphatic heterocycles. The van der Waals surface area contributed by atoms with Crippen molar-refractivity contribution in [2.45, 2.75) is 6.92 Å². The molecule has 1 rings (SSSR count). The number of anilines is 1. The summed E-state index contributed by atoms with van der Waals surface area (Å²) in [4.78, 5) is 3.77. The Bertz CT molecular complexity index is 176. The molecule has 3 heteroatoms. The first-order chi connectivity index (χ1) is 3.70. The van der Waals surface area contributed by atoms with Gasteiger partial charge in [-0.25, -0.2) is 4.98 Å². The van der Waals surface area contributed by atoms with Crippen molar-refractivity contribution in [3.8, 4) is 0 Å². The molecule has 0 unspecified atom stereocenters. The molecular formula is C4H6N2S. The Labute approximate surface area is 47.4 Å². The zero-order valence-corrected chi connectivity index (χ0v) is 4.75. The standard InChI is InChI=1S/C4H6N2S/c1-3-6-2-4(5)7-3/h2H,5H2,1H3/i2D. The molecule has 38 valence electrons. The van der Waals surface area contributed by atoms with Crippen molar-refractivity contribution >= 4 is 16.3 Å². The molecule has 0 atom stereocenters. The van der Waals surface area contributed by atoms with Gasteiger partial charge in [0.2, 0.25) is 0 Å². The van der Waals surface area contributed by atoms with Crippen LogP contribution >= 0.6 is 11.3 Å². The van der Waals surface area contributed by atoms with Crippen LogP contribution < -0.4 is 5.73 Å². The lowest BCUT2D eigenvalue weighted by molar-refractivity contribution is 1.30. The Balaban J connectivity index is 3.14. The van der Waals surface area contributed by atoms with Crippen molar-refractivity contribution < 1.29 is 1.37 Å². The molecule has 0 spiro atoms. The molecule has 0 saturated heterocycles. The van der Waals surface area contributed by atoms with Crippen molar-refractivity contribution in [1.29, 1.82) is 0 Å². The molecule has 0 amide bonds. The van der Waals surface area contributed by atoms with Crippen LogP contribution in [0.15, 0.2) is 6.17 Å². The van der Waals surface area contributed by atoms with Gasteiger partial charge in [-0.3, -0.25) is 0 Å². The Morgan fingerprint density at radius 3 is 3.00 bits per heavy atom. The highest BCUT2D eigenvalue weighted by Crippen LogP contribution is 2.11. The third-order valence-electron chi connectivity index (χ3n) is 0.581. The van der Waals surface area contributed by atoms with Gasteiger partial charge in [-0.1, -0.05) is 0 Å². The second-order valence-corrected chi connectivity index (χ2v) is 2.44. The third kappa shape index (κ3) is 0.899. The van der Waals surface area contributed by atoms with Crippen LogP contribution in [0.4, 0.5) is 5.00 Å². The number of hydrogen-bond acceptors (Lipinski definition) is 3. The van der Waals surface area contributed by atoms with Crippen molar-refractivity contribution in [3.05, 3.63) is 11.2 Å². The van der Waals surface area contributed by atoms with E-state index in [0.29, 0.717) is 5.00 Å². The lowest BCUT2D eigenvalue weighted by Gasteiger charge is -1.70. The van der Waals surface area contributed by atoms with Gasteiger partial charge in [-0.05, 0) is 6.92 Å². The average molecular weight is 115 g/mol. The molecule has 0 aliphatic rings. The molecule has 7 heavy (non-hydrogen) atoms. The number of aryl methyl sites for hydroxylation is 1. The minimum Gasteiger partial charge on any atom is -0.389 e. The summed E-state index contributed by atoms with van der Waals surface area (Å²) < 4.78 is 7.01. The monoisotopic (exact) mass is 115 g/mol. The summed E-state index contributed by atoms with van der Waals surface area (Å²) in [6.45, 7) is 1.83. The van der Waals surface area contributed by atoms with E-state index in [9.17, 15) is 0 Å². The summed E-state index contributed by atoms with van der Waals surface area (Å²) in [6, 6.07) is 0. The van der Waals surface area contributed by atoms with Crippen LogP contribution in [-0.2, 0) is 0 Å². The first kappa shape index (κ1) is 3.43. The molecule has 0 aliphatic carbocycles. The zero-order valence-electron chi connectivity index (χ0n) is 4.93. The first-order valence-electron chi connectivity index (χ1n) is 2.39. The van der Waals surface area contributed by atoms with Gasteiger partial charge in [0.05, 0.1) is 12.6 Å². The summed E-state index contributed by atoms with van der Waals surface area (Å²) in [7, 11) is 0. The molecule has 2 N–H and O–H groups in total. The van der Waals surface area contributed by atoms with Crippen LogP contribution in [0.1, 0.15) is 6.38 Å². The lowest BCUT2D eigenvalue weighted by Crippen LogP contribution is -1.73. The van der Waals surface area contributed by atoms with E-state index in [4.69, 9.17) is 7.10 Å². The van der Waals surface area contributed by atoms with E-state index in [0.717, 1.165) is 5.01 Å². The van der Waals surface area contributed by atoms with Gasteiger partial charge < -0.3 is 5.73 Å². The van der Waals surface area contributed by atoms with Gasteiger partial charge in [0.15, 0.2) is 0 Å². The molecule has 1 aromatic rings. The number of nitrogens with zero attached hydrogens (tertiary/aromatic N) is 1. The van der Waals surface area contributed by atoms with Crippen molar-refractivity contribution in [2.24, 2.45) is 0 Å². The van der Waals surface area contributed by atoms with Gasteiger partial charge >= 0.3 is 0 Å². The topological polar surface area (TPSA) is 38.9 Å². The van der Waals surface area contributed by atoms with E-state index in [1.54, 1.807) is 0 Å². The predicted octanol–water partition coefficient (Wildman–Crippen LogP) is 1.03. The van der Waals surface area contributed by atoms with Crippen LogP contribution in [-0.4, -0.2) is 4.98 Å². The third-order valence-corrected chi connectivity index (χ3v) is 1.28. The fourth-order valence-corrected chi connectivity index (χ4v) is 0.839. The molecule has 0 saturated carbocycles. The quantitative estimate of drug-likeness (QED) is 0.548. The van der Waals surface area contributed by atoms with E-state index < -0.39 is 0 Å². The number of nitrogen functional groups attached to an aromatic ring is 1. The normalized spacial score (nSPS) is 11.3. The molecular weight excluding hydrogens is 108 g/mol. The highest BCUT2D eigenvalue weighted by molar-refractivity contribution is 7.15. The molecule has 2 nitrogen and oxygen atoms in total. The SMILES string of the molecule is [2H]c1nc(C)sc1N. The Morgan fingerprint density at radius 1 is 2.14 bits per heavy atom. The number of nitrogens with two attached hydrogens (primary N) is 1. The van der Waals surface area contributed by atoms with E-state index in [-0.39, 0.29) is 6.17 Å². The van der Waals surface area contributed by atoms with E-state index in [1.807, 2.05) is 6.92 Å². The molecule has 0 radical (unpaired) electrons. The summed E-state index contributed by atoms with van der Waals surface area (Å²) in [5.74, 6) is 0. The minimum atomic E-state index is 0.201. The average Bonchev–Trinajstić information content (AvgIpc) is 1.85. The first-order valence-corrected chi connectivity index (χ1v) is 2.71. The summed E-state index contributed by atoms with van der Waals surface area (Å²) in [6.07, 6.45) is 0.201. The molecule has 1 aromatic heterocycles. The van der Waals surface area contributed by atoms with Gasteiger partial charge in [-0.2, -0.15) is 0 Å². The largest absolute Gasteiger partial charge is 0.389 e. The molecule has 1 heterocycles. The van der Waals surface area contributed by atoms with Gasteiger partial charge in [0.25, 0.3) is 0 Å². The molecule has 0 bridgehead atoms. The van der Waals surface area contributed by atoms with Gasteiger partial charge in [0.1, 0.15) is 5.00 Å². The van der Waals surface area contributed by atoms with Crippen molar-refractivity contribution in [3.63, 3.8) is 0 Å². The van der Waals surface area contributed by atoms with Crippen molar-refractivity contribution in [1.82, 2.24) is 4.98 Å². The maximum Gasteiger partial charge on any atom is 0.106 e. The summed E-state index contributed by atoms with van der Waals surface area (Å²) in [5.41, 5.74) is 5.31. The highest BCUT2D eigenvalue weighted by atomic mass is 32.1. The van der Waals surface area contributed by atoms with Crippen LogP contribution in [0.3, 0.4) is 0 Å². The Hall–Kier alpha value is -0.570. The number of hydrogen-bond donors (Lipinski definition) is 1. The minimum absolute atomic E-state index is 0.201. The second-order valence-electron chi connectivity index (χ2n) is 1.21. The Kier molecular flexibility index (Phi) is 0.736. The van der Waals surface area contributed by atoms with Gasteiger partial charge in [0, 0.05) is 0 Å². The van der Waals surface area contributed by atoms with Crippen LogP contribution in [0, 0.1) is 6.92 Å². The van der Waals surface area contributed by atoms with E-state index >= 15 is 0 Å². The predicted molar refractivity (Wildman–Crippen MR) is 31.3 cm³/mol. The summed E-state index contributed by atoms with van der Waals surface area (Å²) in [5, 5.41) is 1.36. The Morgan fingerprint density at radius 2 is 2.86 bits per heavy atom. The lowest BCUT2D eigenvalue weighted by atomic mass is 10.8. The van der Waals surface area contributed by atoms with Crippen LogP contribution in [0.2, 0.25) is 0 Å². The van der Waals surface area contributed by atoms with Gasteiger partial charge in [-0.15, -0.1) is 11.3 Å². The van der Waals surface area contributed by atoms with E-state index in [2.05, 4.69) is 4.98 Å². The molecule has 0 aromatic carbocycles. The zero-order chi connectivity index (χ0) is 6.15. The summed E-state index contributed by atoms with van der Waals surface area (Å²) >= 11 is 1.35. The number of rotatable bonds is 0. The maximum atomic E-state index is 7.01. The fraction of sp³-hybridized carbons (Fsp3) is 0.250. The smallest absolute Gasteiger partial charge is 0.106 e. The number of aromatic nitrogens is 1. The van der Waals surface area contributed by atoms with Crippen molar-refractivity contribution in [2.75, 3.05) is 5.73 Å². The second kappa shape index (κ2) is 1.50. The van der Waals surface area contributed by atoms with E-state index in [1.165, 1.54) is 11.3 Å². The maximum absolute atomic E-state index is 7.01. The number of thiazole rings is 1. The van der Waals surface area contributed by atoms with Crippen LogP contribution in [0.5, 0.6) is 0 Å².